The largest absolute Gasteiger partial charge is 0.487 e. The number of carboxylic acids is 1. The van der Waals surface area contributed by atoms with Crippen LogP contribution in [0.2, 0.25) is 5.02 Å². The SMILES string of the molecule is Cl.O=C(O)C1(Cc2cc(Br)cc(Nc3nccs3)n2)CCC(Oc2cccc(Cl)c2F)CC1. The highest BCUT2D eigenvalue weighted by molar-refractivity contribution is 9.10. The number of halogens is 4. The minimum Gasteiger partial charge on any atom is -0.487 e. The summed E-state index contributed by atoms with van der Waals surface area (Å²) in [6.07, 6.45) is 3.51. The van der Waals surface area contributed by atoms with E-state index in [0.717, 1.165) is 4.47 Å². The lowest BCUT2D eigenvalue weighted by atomic mass is 9.70. The summed E-state index contributed by atoms with van der Waals surface area (Å²) in [6, 6.07) is 8.27. The number of benzene rings is 1. The van der Waals surface area contributed by atoms with E-state index >= 15 is 0 Å². The Balaban J connectivity index is 0.00000306. The maximum atomic E-state index is 14.2. The van der Waals surface area contributed by atoms with E-state index in [9.17, 15) is 14.3 Å². The number of carboxylic acid groups (broad SMARTS) is 1. The van der Waals surface area contributed by atoms with E-state index in [1.165, 1.54) is 23.5 Å². The third-order valence-corrected chi connectivity index (χ3v) is 7.02. The number of aromatic nitrogens is 2. The molecule has 1 aliphatic carbocycles. The molecule has 3 aromatic rings. The van der Waals surface area contributed by atoms with E-state index in [1.807, 2.05) is 17.5 Å². The van der Waals surface area contributed by atoms with Crippen molar-refractivity contribution in [3.05, 3.63) is 62.9 Å². The number of rotatable bonds is 7. The van der Waals surface area contributed by atoms with Crippen LogP contribution in [0.1, 0.15) is 31.4 Å². The van der Waals surface area contributed by atoms with Gasteiger partial charge in [-0.05, 0) is 49.9 Å². The highest BCUT2D eigenvalue weighted by atomic mass is 79.9. The van der Waals surface area contributed by atoms with Crippen molar-refractivity contribution < 1.29 is 19.0 Å². The number of thiazole rings is 1. The summed E-state index contributed by atoms with van der Waals surface area (Å²) < 4.78 is 20.8. The molecule has 6 nitrogen and oxygen atoms in total. The van der Waals surface area contributed by atoms with Crippen molar-refractivity contribution in [2.75, 3.05) is 5.32 Å². The molecule has 0 bridgehead atoms. The smallest absolute Gasteiger partial charge is 0.310 e. The Morgan fingerprint density at radius 2 is 2.12 bits per heavy atom. The summed E-state index contributed by atoms with van der Waals surface area (Å²) in [6.45, 7) is 0. The molecule has 2 aromatic heterocycles. The third kappa shape index (κ3) is 6.15. The average Bonchev–Trinajstić information content (AvgIpc) is 3.25. The molecule has 0 unspecified atom stereocenters. The van der Waals surface area contributed by atoms with Gasteiger partial charge in [-0.1, -0.05) is 33.6 Å². The average molecular weight is 577 g/mol. The quantitative estimate of drug-likeness (QED) is 0.318. The van der Waals surface area contributed by atoms with Gasteiger partial charge in [-0.2, -0.15) is 0 Å². The highest BCUT2D eigenvalue weighted by Crippen LogP contribution is 2.41. The molecule has 2 heterocycles. The normalized spacial score (nSPS) is 20.0. The second kappa shape index (κ2) is 11.0. The van der Waals surface area contributed by atoms with Crippen LogP contribution >= 0.6 is 51.3 Å². The van der Waals surface area contributed by atoms with Crippen molar-refractivity contribution in [2.45, 2.75) is 38.2 Å². The summed E-state index contributed by atoms with van der Waals surface area (Å²) in [7, 11) is 0. The first kappa shape index (κ1) is 25.7. The molecule has 0 amide bonds. The van der Waals surface area contributed by atoms with Gasteiger partial charge >= 0.3 is 5.97 Å². The van der Waals surface area contributed by atoms with Crippen LogP contribution in [-0.4, -0.2) is 27.1 Å². The van der Waals surface area contributed by atoms with E-state index in [0.29, 0.717) is 42.3 Å². The zero-order chi connectivity index (χ0) is 22.7. The maximum absolute atomic E-state index is 14.2. The maximum Gasteiger partial charge on any atom is 0.310 e. The molecule has 2 N–H and O–H groups in total. The number of aliphatic carboxylic acids is 1. The summed E-state index contributed by atoms with van der Waals surface area (Å²) >= 11 is 10.8. The summed E-state index contributed by atoms with van der Waals surface area (Å²) in [5.41, 5.74) is -0.292. The van der Waals surface area contributed by atoms with Gasteiger partial charge in [0.05, 0.1) is 16.5 Å². The third-order valence-electron chi connectivity index (χ3n) is 5.58. The number of hydrogen-bond donors (Lipinski definition) is 2. The fourth-order valence-corrected chi connectivity index (χ4v) is 5.11. The lowest BCUT2D eigenvalue weighted by Crippen LogP contribution is -2.40. The first-order valence-electron chi connectivity index (χ1n) is 10.0. The Bertz CT molecular complexity index is 1110. The molecule has 0 spiro atoms. The van der Waals surface area contributed by atoms with E-state index in [4.69, 9.17) is 16.3 Å². The molecule has 0 radical (unpaired) electrons. The first-order chi connectivity index (χ1) is 15.3. The predicted molar refractivity (Wildman–Crippen MR) is 133 cm³/mol. The van der Waals surface area contributed by atoms with Crippen LogP contribution in [0.25, 0.3) is 0 Å². The van der Waals surface area contributed by atoms with Crippen LogP contribution in [0.15, 0.2) is 46.4 Å². The number of carbonyl (C=O) groups is 1. The van der Waals surface area contributed by atoms with Gasteiger partial charge in [0.15, 0.2) is 16.7 Å². The molecular formula is C22H21BrCl2FN3O3S. The summed E-state index contributed by atoms with van der Waals surface area (Å²) in [4.78, 5) is 21.1. The Labute approximate surface area is 214 Å². The Kier molecular flexibility index (Phi) is 8.55. The van der Waals surface area contributed by atoms with Crippen LogP contribution in [0.3, 0.4) is 0 Å². The molecule has 0 saturated heterocycles. The topological polar surface area (TPSA) is 84.3 Å². The Morgan fingerprint density at radius 3 is 2.79 bits per heavy atom. The Hall–Kier alpha value is -1.94. The van der Waals surface area contributed by atoms with Crippen molar-refractivity contribution in [3.8, 4) is 5.75 Å². The molecule has 11 heteroatoms. The lowest BCUT2D eigenvalue weighted by Gasteiger charge is -2.36. The molecule has 1 aliphatic rings. The van der Waals surface area contributed by atoms with Gasteiger partial charge in [-0.3, -0.25) is 4.79 Å². The zero-order valence-corrected chi connectivity index (χ0v) is 21.2. The van der Waals surface area contributed by atoms with Crippen molar-refractivity contribution in [3.63, 3.8) is 0 Å². The lowest BCUT2D eigenvalue weighted by molar-refractivity contribution is -0.152. The van der Waals surface area contributed by atoms with Crippen LogP contribution in [0, 0.1) is 11.2 Å². The van der Waals surface area contributed by atoms with Crippen molar-refractivity contribution in [1.29, 1.82) is 0 Å². The van der Waals surface area contributed by atoms with E-state index in [-0.39, 0.29) is 35.7 Å². The minimum absolute atomic E-state index is 0. The van der Waals surface area contributed by atoms with Crippen LogP contribution in [0.5, 0.6) is 5.75 Å². The Morgan fingerprint density at radius 1 is 1.36 bits per heavy atom. The zero-order valence-electron chi connectivity index (χ0n) is 17.3. The van der Waals surface area contributed by atoms with Gasteiger partial charge in [-0.15, -0.1) is 23.7 Å². The molecular weight excluding hydrogens is 556 g/mol. The summed E-state index contributed by atoms with van der Waals surface area (Å²) in [5.74, 6) is -0.765. The number of ether oxygens (including phenoxy) is 1. The number of nitrogens with zero attached hydrogens (tertiary/aromatic N) is 2. The predicted octanol–water partition coefficient (Wildman–Crippen LogP) is 6.89. The standard InChI is InChI=1S/C22H20BrClFN3O3S.ClH/c23-13-10-14(27-18(11-13)28-21-26-8-9-32-21)12-22(20(29)30)6-4-15(5-7-22)31-17-3-1-2-16(24)19(17)25;/h1-3,8-11,15H,4-7,12H2,(H,29,30)(H,26,27,28);1H. The number of pyridine rings is 1. The molecule has 4 rings (SSSR count). The minimum atomic E-state index is -0.959. The molecule has 1 saturated carbocycles. The molecule has 1 fully saturated rings. The molecule has 0 atom stereocenters. The van der Waals surface area contributed by atoms with Crippen LogP contribution in [-0.2, 0) is 11.2 Å². The van der Waals surface area contributed by atoms with Gasteiger partial charge in [0.1, 0.15) is 5.82 Å². The second-order valence-electron chi connectivity index (χ2n) is 7.76. The molecule has 0 aliphatic heterocycles. The van der Waals surface area contributed by atoms with Gasteiger partial charge in [0.25, 0.3) is 0 Å². The monoisotopic (exact) mass is 575 g/mol. The first-order valence-corrected chi connectivity index (χ1v) is 12.1. The number of nitrogens with one attached hydrogen (secondary N) is 1. The van der Waals surface area contributed by atoms with E-state index in [2.05, 4.69) is 31.2 Å². The number of anilines is 2. The van der Waals surface area contributed by atoms with Crippen LogP contribution in [0.4, 0.5) is 15.3 Å². The summed E-state index contributed by atoms with van der Waals surface area (Å²) in [5, 5.41) is 15.8. The second-order valence-corrected chi connectivity index (χ2v) is 9.97. The van der Waals surface area contributed by atoms with Gasteiger partial charge in [0, 0.05) is 28.2 Å². The fraction of sp³-hybridized carbons (Fsp3) is 0.318. The van der Waals surface area contributed by atoms with E-state index in [1.54, 1.807) is 12.3 Å². The molecule has 33 heavy (non-hydrogen) atoms. The van der Waals surface area contributed by atoms with Crippen molar-refractivity contribution >= 4 is 68.2 Å². The van der Waals surface area contributed by atoms with Gasteiger partial charge in [0.2, 0.25) is 0 Å². The van der Waals surface area contributed by atoms with Crippen molar-refractivity contribution in [2.24, 2.45) is 5.41 Å². The molecule has 1 aromatic carbocycles. The van der Waals surface area contributed by atoms with Gasteiger partial charge < -0.3 is 15.2 Å². The van der Waals surface area contributed by atoms with E-state index < -0.39 is 17.2 Å². The number of hydrogen-bond acceptors (Lipinski definition) is 6. The van der Waals surface area contributed by atoms with Gasteiger partial charge in [-0.25, -0.2) is 14.4 Å². The highest BCUT2D eigenvalue weighted by Gasteiger charge is 2.43. The molecule has 176 valence electrons. The fourth-order valence-electron chi connectivity index (χ4n) is 3.93. The van der Waals surface area contributed by atoms with Crippen molar-refractivity contribution in [1.82, 2.24) is 9.97 Å². The van der Waals surface area contributed by atoms with Crippen LogP contribution < -0.4 is 10.1 Å².